The van der Waals surface area contributed by atoms with Crippen molar-refractivity contribution >= 4 is 32.7 Å². The van der Waals surface area contributed by atoms with E-state index in [2.05, 4.69) is 30.2 Å². The Morgan fingerprint density at radius 2 is 2.03 bits per heavy atom. The third-order valence-electron chi connectivity index (χ3n) is 5.25. The molecular formula is C18H23N7O3S. The molecule has 1 aromatic carbocycles. The highest BCUT2D eigenvalue weighted by molar-refractivity contribution is 7.89. The molecular weight excluding hydrogens is 394 g/mol. The number of rotatable bonds is 6. The van der Waals surface area contributed by atoms with Gasteiger partial charge in [0, 0.05) is 18.8 Å². The summed E-state index contributed by atoms with van der Waals surface area (Å²) in [6, 6.07) is 4.81. The average molecular weight is 417 g/mol. The maximum atomic E-state index is 11.9. The third kappa shape index (κ3) is 4.37. The first-order valence-electron chi connectivity index (χ1n) is 9.34. The van der Waals surface area contributed by atoms with E-state index in [-0.39, 0.29) is 11.5 Å². The number of fused-ring (bicyclic) bond motifs is 1. The number of primary sulfonamides is 1. The molecule has 0 saturated carbocycles. The Labute approximate surface area is 168 Å². The van der Waals surface area contributed by atoms with Crippen molar-refractivity contribution in [1.29, 1.82) is 0 Å². The van der Waals surface area contributed by atoms with Crippen molar-refractivity contribution in [3.63, 3.8) is 0 Å². The molecule has 11 heteroatoms. The highest BCUT2D eigenvalue weighted by Gasteiger charge is 2.20. The number of aliphatic hydroxyl groups excluding tert-OH is 1. The second-order valence-electron chi connectivity index (χ2n) is 7.21. The van der Waals surface area contributed by atoms with Crippen LogP contribution >= 0.6 is 0 Å². The van der Waals surface area contributed by atoms with E-state index in [1.54, 1.807) is 6.07 Å². The standard InChI is InChI=1S/C18H23N7O3S/c19-29(27,28)14-2-1-13(8-25-5-3-12(9-26)4-6-25)15(7-14)24-18-16-17(21-10-20-16)22-11-23-18/h1-2,7,10-12,26H,3-6,8-9H2,(H2,19,27,28)(H2,20,21,22,23,24). The minimum Gasteiger partial charge on any atom is -0.396 e. The van der Waals surface area contributed by atoms with E-state index in [1.165, 1.54) is 24.8 Å². The summed E-state index contributed by atoms with van der Waals surface area (Å²) in [5.41, 5.74) is 2.67. The molecule has 29 heavy (non-hydrogen) atoms. The van der Waals surface area contributed by atoms with Crippen LogP contribution < -0.4 is 10.5 Å². The van der Waals surface area contributed by atoms with Crippen LogP contribution in [0.4, 0.5) is 11.5 Å². The number of aromatic nitrogens is 4. The van der Waals surface area contributed by atoms with Crippen LogP contribution in [0.25, 0.3) is 11.2 Å². The molecule has 0 spiro atoms. The molecule has 4 rings (SSSR count). The van der Waals surface area contributed by atoms with Crippen molar-refractivity contribution in [3.8, 4) is 0 Å². The quantitative estimate of drug-likeness (QED) is 0.463. The number of nitrogens with zero attached hydrogens (tertiary/aromatic N) is 4. The number of aliphatic hydroxyl groups is 1. The lowest BCUT2D eigenvalue weighted by atomic mass is 9.97. The van der Waals surface area contributed by atoms with Gasteiger partial charge in [0.05, 0.1) is 11.2 Å². The Balaban J connectivity index is 1.65. The number of piperidine rings is 1. The fourth-order valence-corrected chi connectivity index (χ4v) is 4.08. The Bertz CT molecular complexity index is 1110. The molecule has 0 bridgehead atoms. The number of nitrogens with two attached hydrogens (primary N) is 1. The predicted molar refractivity (Wildman–Crippen MR) is 108 cm³/mol. The maximum Gasteiger partial charge on any atom is 0.238 e. The number of imidazole rings is 1. The van der Waals surface area contributed by atoms with Gasteiger partial charge in [-0.3, -0.25) is 4.90 Å². The summed E-state index contributed by atoms with van der Waals surface area (Å²) in [6.45, 7) is 2.61. The number of nitrogens with one attached hydrogen (secondary N) is 2. The zero-order valence-electron chi connectivity index (χ0n) is 15.7. The van der Waals surface area contributed by atoms with Crippen LogP contribution in [-0.4, -0.2) is 58.1 Å². The number of sulfonamides is 1. The molecule has 0 amide bonds. The number of hydrogen-bond donors (Lipinski definition) is 4. The lowest BCUT2D eigenvalue weighted by molar-refractivity contribution is 0.127. The summed E-state index contributed by atoms with van der Waals surface area (Å²) >= 11 is 0. The molecule has 1 aliphatic rings. The van der Waals surface area contributed by atoms with Crippen molar-refractivity contribution in [2.75, 3.05) is 25.0 Å². The predicted octanol–water partition coefficient (Wildman–Crippen LogP) is 0.948. The average Bonchev–Trinajstić information content (AvgIpc) is 3.19. The van der Waals surface area contributed by atoms with Gasteiger partial charge in [-0.15, -0.1) is 0 Å². The van der Waals surface area contributed by atoms with Crippen molar-refractivity contribution in [2.45, 2.75) is 24.3 Å². The SMILES string of the molecule is NS(=O)(=O)c1ccc(CN2CCC(CO)CC2)c(Nc2ncnc3nc[nH]c23)c1. The lowest BCUT2D eigenvalue weighted by Gasteiger charge is -2.31. The van der Waals surface area contributed by atoms with Gasteiger partial charge in [-0.05, 0) is 49.5 Å². The monoisotopic (exact) mass is 417 g/mol. The summed E-state index contributed by atoms with van der Waals surface area (Å²) in [4.78, 5) is 17.8. The molecule has 0 aliphatic carbocycles. The van der Waals surface area contributed by atoms with E-state index in [0.717, 1.165) is 31.5 Å². The van der Waals surface area contributed by atoms with Gasteiger partial charge in [0.25, 0.3) is 0 Å². The highest BCUT2D eigenvalue weighted by Crippen LogP contribution is 2.28. The van der Waals surface area contributed by atoms with Gasteiger partial charge in [0.15, 0.2) is 11.5 Å². The maximum absolute atomic E-state index is 11.9. The minimum absolute atomic E-state index is 0.0256. The molecule has 0 atom stereocenters. The summed E-state index contributed by atoms with van der Waals surface area (Å²) in [7, 11) is -3.84. The molecule has 10 nitrogen and oxygen atoms in total. The Morgan fingerprint density at radius 3 is 2.76 bits per heavy atom. The zero-order chi connectivity index (χ0) is 20.4. The molecule has 2 aromatic heterocycles. The molecule has 3 heterocycles. The summed E-state index contributed by atoms with van der Waals surface area (Å²) in [5.74, 6) is 0.850. The Kier molecular flexibility index (Phi) is 5.46. The number of hydrogen-bond acceptors (Lipinski definition) is 8. The molecule has 5 N–H and O–H groups in total. The van der Waals surface area contributed by atoms with Gasteiger partial charge in [0.2, 0.25) is 10.0 Å². The Hall–Kier alpha value is -2.60. The molecule has 0 unspecified atom stereocenters. The molecule has 0 radical (unpaired) electrons. The van der Waals surface area contributed by atoms with Crippen LogP contribution in [0.3, 0.4) is 0 Å². The van der Waals surface area contributed by atoms with Crippen LogP contribution in [-0.2, 0) is 16.6 Å². The van der Waals surface area contributed by atoms with Crippen molar-refractivity contribution < 1.29 is 13.5 Å². The number of anilines is 2. The van der Waals surface area contributed by atoms with Crippen LogP contribution in [0.2, 0.25) is 0 Å². The Morgan fingerprint density at radius 1 is 1.24 bits per heavy atom. The molecule has 1 fully saturated rings. The van der Waals surface area contributed by atoms with Gasteiger partial charge in [-0.25, -0.2) is 28.5 Å². The molecule has 1 saturated heterocycles. The van der Waals surface area contributed by atoms with Crippen LogP contribution in [0.1, 0.15) is 18.4 Å². The van der Waals surface area contributed by atoms with Crippen LogP contribution in [0.15, 0.2) is 35.7 Å². The van der Waals surface area contributed by atoms with Gasteiger partial charge in [-0.2, -0.15) is 0 Å². The molecule has 154 valence electrons. The second-order valence-corrected chi connectivity index (χ2v) is 8.78. The van der Waals surface area contributed by atoms with Crippen LogP contribution in [0.5, 0.6) is 0 Å². The van der Waals surface area contributed by atoms with Gasteiger partial charge >= 0.3 is 0 Å². The van der Waals surface area contributed by atoms with Gasteiger partial charge in [-0.1, -0.05) is 6.07 Å². The van der Waals surface area contributed by atoms with Crippen molar-refractivity contribution in [3.05, 3.63) is 36.4 Å². The second kappa shape index (κ2) is 8.03. The number of H-pyrrole nitrogens is 1. The van der Waals surface area contributed by atoms with Crippen molar-refractivity contribution in [2.24, 2.45) is 11.1 Å². The molecule has 1 aliphatic heterocycles. The number of benzene rings is 1. The lowest BCUT2D eigenvalue weighted by Crippen LogP contribution is -2.34. The van der Waals surface area contributed by atoms with Gasteiger partial charge in [0.1, 0.15) is 11.8 Å². The zero-order valence-corrected chi connectivity index (χ0v) is 16.6. The first kappa shape index (κ1) is 19.7. The van der Waals surface area contributed by atoms with Gasteiger partial charge < -0.3 is 15.4 Å². The summed E-state index contributed by atoms with van der Waals surface area (Å²) in [5, 5.41) is 17.9. The van der Waals surface area contributed by atoms with Crippen molar-refractivity contribution in [1.82, 2.24) is 24.8 Å². The van der Waals surface area contributed by atoms with E-state index in [9.17, 15) is 13.5 Å². The fraction of sp³-hybridized carbons (Fsp3) is 0.389. The van der Waals surface area contributed by atoms with E-state index >= 15 is 0 Å². The minimum atomic E-state index is -3.84. The first-order valence-corrected chi connectivity index (χ1v) is 10.9. The summed E-state index contributed by atoms with van der Waals surface area (Å²) in [6.07, 6.45) is 4.80. The summed E-state index contributed by atoms with van der Waals surface area (Å²) < 4.78 is 23.7. The topological polar surface area (TPSA) is 150 Å². The largest absolute Gasteiger partial charge is 0.396 e. The molecule has 3 aromatic rings. The number of likely N-dealkylation sites (tertiary alicyclic amines) is 1. The normalized spacial score (nSPS) is 16.3. The first-order chi connectivity index (χ1) is 13.9. The van der Waals surface area contributed by atoms with Crippen LogP contribution in [0, 0.1) is 5.92 Å². The smallest absolute Gasteiger partial charge is 0.238 e. The van der Waals surface area contributed by atoms with E-state index in [0.29, 0.717) is 35.1 Å². The van der Waals surface area contributed by atoms with E-state index < -0.39 is 10.0 Å². The van der Waals surface area contributed by atoms with E-state index in [1.807, 2.05) is 0 Å². The highest BCUT2D eigenvalue weighted by atomic mass is 32.2. The van der Waals surface area contributed by atoms with E-state index in [4.69, 9.17) is 5.14 Å². The third-order valence-corrected chi connectivity index (χ3v) is 6.16. The number of aromatic amines is 1. The fourth-order valence-electron chi connectivity index (χ4n) is 3.54.